The van der Waals surface area contributed by atoms with Crippen LogP contribution in [0.5, 0.6) is 0 Å². The molecule has 0 amide bonds. The van der Waals surface area contributed by atoms with E-state index in [4.69, 9.17) is 5.26 Å². The fourth-order valence-corrected chi connectivity index (χ4v) is 1.01. The van der Waals surface area contributed by atoms with Gasteiger partial charge in [-0.2, -0.15) is 5.26 Å². The Bertz CT molecular complexity index is 383. The molecule has 0 bridgehead atoms. The number of nitrogens with zero attached hydrogens (tertiary/aromatic N) is 3. The van der Waals surface area contributed by atoms with E-state index in [1.165, 1.54) is 4.57 Å². The SMILES string of the molecule is N#Cn1ccc2nccc-2c1. The van der Waals surface area contributed by atoms with Crippen molar-refractivity contribution in [2.75, 3.05) is 0 Å². The van der Waals surface area contributed by atoms with Gasteiger partial charge in [-0.1, -0.05) is 0 Å². The number of hydrogen-bond acceptors (Lipinski definition) is 2. The fourth-order valence-electron chi connectivity index (χ4n) is 1.01. The summed E-state index contributed by atoms with van der Waals surface area (Å²) in [5.41, 5.74) is 1.92. The average Bonchev–Trinajstić information content (AvgIpc) is 2.50. The van der Waals surface area contributed by atoms with E-state index in [-0.39, 0.29) is 0 Å². The summed E-state index contributed by atoms with van der Waals surface area (Å²) in [5, 5.41) is 8.53. The predicted octanol–water partition coefficient (Wildman–Crippen LogP) is 1.32. The van der Waals surface area contributed by atoms with Gasteiger partial charge in [0, 0.05) is 24.2 Å². The van der Waals surface area contributed by atoms with Gasteiger partial charge in [0.05, 0.1) is 5.69 Å². The molecule has 2 rings (SSSR count). The van der Waals surface area contributed by atoms with Crippen LogP contribution in [0.25, 0.3) is 11.3 Å². The minimum atomic E-state index is 0.927. The largest absolute Gasteiger partial charge is 0.262 e. The molecule has 2 aliphatic rings. The van der Waals surface area contributed by atoms with E-state index in [1.54, 1.807) is 18.6 Å². The van der Waals surface area contributed by atoms with E-state index in [9.17, 15) is 0 Å². The Morgan fingerprint density at radius 2 is 2.36 bits per heavy atom. The third-order valence-corrected chi connectivity index (χ3v) is 1.55. The summed E-state index contributed by atoms with van der Waals surface area (Å²) in [4.78, 5) is 4.07. The lowest BCUT2D eigenvalue weighted by Crippen LogP contribution is -1.89. The zero-order valence-electron chi connectivity index (χ0n) is 5.73. The zero-order chi connectivity index (χ0) is 7.68. The Hall–Kier alpha value is -1.82. The van der Waals surface area contributed by atoms with Gasteiger partial charge in [0.2, 0.25) is 0 Å². The summed E-state index contributed by atoms with van der Waals surface area (Å²) < 4.78 is 1.45. The van der Waals surface area contributed by atoms with E-state index >= 15 is 0 Å². The Morgan fingerprint density at radius 1 is 1.45 bits per heavy atom. The highest BCUT2D eigenvalue weighted by atomic mass is 14.9. The highest BCUT2D eigenvalue weighted by Crippen LogP contribution is 2.17. The zero-order valence-corrected chi connectivity index (χ0v) is 5.73. The standard InChI is InChI=1S/C8H5N3/c9-6-11-4-2-8-7(5-11)1-3-10-8/h1-5H. The molecule has 2 heterocycles. The normalized spacial score (nSPS) is 9.73. The van der Waals surface area contributed by atoms with Crippen LogP contribution < -0.4 is 0 Å². The van der Waals surface area contributed by atoms with E-state index in [1.807, 2.05) is 18.3 Å². The molecule has 11 heavy (non-hydrogen) atoms. The first-order valence-electron chi connectivity index (χ1n) is 3.23. The van der Waals surface area contributed by atoms with E-state index < -0.39 is 0 Å². The van der Waals surface area contributed by atoms with Gasteiger partial charge in [0.15, 0.2) is 6.19 Å². The number of aromatic nitrogens is 2. The molecule has 0 spiro atoms. The first kappa shape index (κ1) is 5.93. The molecular formula is C8H5N3. The lowest BCUT2D eigenvalue weighted by Gasteiger charge is -1.97. The van der Waals surface area contributed by atoms with Crippen molar-refractivity contribution >= 4 is 0 Å². The van der Waals surface area contributed by atoms with Gasteiger partial charge in [0.25, 0.3) is 0 Å². The smallest absolute Gasteiger partial charge is 0.188 e. The Balaban J connectivity index is 2.71. The molecule has 0 saturated carbocycles. The molecule has 0 aliphatic carbocycles. The number of nitriles is 1. The molecule has 0 aromatic carbocycles. The lowest BCUT2D eigenvalue weighted by molar-refractivity contribution is 1.07. The number of rotatable bonds is 0. The molecule has 2 aliphatic heterocycles. The minimum Gasteiger partial charge on any atom is -0.262 e. The highest BCUT2D eigenvalue weighted by Gasteiger charge is 2.01. The number of fused-ring (bicyclic) bond motifs is 1. The van der Waals surface area contributed by atoms with Crippen molar-refractivity contribution in [2.24, 2.45) is 0 Å². The van der Waals surface area contributed by atoms with Crippen molar-refractivity contribution in [2.45, 2.75) is 0 Å². The van der Waals surface area contributed by atoms with E-state index in [0.717, 1.165) is 11.3 Å². The van der Waals surface area contributed by atoms with Crippen LogP contribution in [-0.2, 0) is 0 Å². The van der Waals surface area contributed by atoms with Crippen LogP contribution in [0.3, 0.4) is 0 Å². The van der Waals surface area contributed by atoms with Gasteiger partial charge in [0.1, 0.15) is 0 Å². The fraction of sp³-hybridized carbons (Fsp3) is 0. The summed E-state index contributed by atoms with van der Waals surface area (Å²) in [6.45, 7) is 0. The van der Waals surface area contributed by atoms with Crippen LogP contribution in [0.2, 0.25) is 0 Å². The number of pyridine rings is 1. The monoisotopic (exact) mass is 143 g/mol. The predicted molar refractivity (Wildman–Crippen MR) is 39.9 cm³/mol. The molecule has 52 valence electrons. The summed E-state index contributed by atoms with van der Waals surface area (Å²) in [7, 11) is 0. The summed E-state index contributed by atoms with van der Waals surface area (Å²) >= 11 is 0. The Kier molecular flexibility index (Phi) is 1.13. The molecular weight excluding hydrogens is 138 g/mol. The summed E-state index contributed by atoms with van der Waals surface area (Å²) in [6, 6.07) is 3.70. The second-order valence-corrected chi connectivity index (χ2v) is 2.24. The molecule has 0 saturated heterocycles. The molecule has 0 N–H and O–H groups in total. The van der Waals surface area contributed by atoms with Gasteiger partial charge in [-0.25, -0.2) is 0 Å². The second kappa shape index (κ2) is 2.10. The molecule has 0 aromatic heterocycles. The van der Waals surface area contributed by atoms with Crippen molar-refractivity contribution in [1.29, 1.82) is 5.26 Å². The Morgan fingerprint density at radius 3 is 3.18 bits per heavy atom. The van der Waals surface area contributed by atoms with Crippen LogP contribution in [0.4, 0.5) is 0 Å². The number of hydrogen-bond donors (Lipinski definition) is 0. The minimum absolute atomic E-state index is 0.927. The van der Waals surface area contributed by atoms with Gasteiger partial charge in [-0.15, -0.1) is 0 Å². The lowest BCUT2D eigenvalue weighted by atomic mass is 10.2. The topological polar surface area (TPSA) is 41.6 Å². The van der Waals surface area contributed by atoms with Crippen LogP contribution in [0.15, 0.2) is 30.7 Å². The molecule has 0 unspecified atom stereocenters. The molecule has 3 nitrogen and oxygen atoms in total. The van der Waals surface area contributed by atoms with Crippen LogP contribution in [0.1, 0.15) is 0 Å². The third-order valence-electron chi connectivity index (χ3n) is 1.55. The van der Waals surface area contributed by atoms with Crippen LogP contribution >= 0.6 is 0 Å². The molecule has 0 aromatic rings. The highest BCUT2D eigenvalue weighted by molar-refractivity contribution is 5.59. The first-order valence-corrected chi connectivity index (χ1v) is 3.23. The van der Waals surface area contributed by atoms with E-state index in [2.05, 4.69) is 4.98 Å². The van der Waals surface area contributed by atoms with Crippen LogP contribution in [0, 0.1) is 11.5 Å². The molecule has 0 radical (unpaired) electrons. The quantitative estimate of drug-likeness (QED) is 0.558. The maximum atomic E-state index is 8.53. The van der Waals surface area contributed by atoms with Crippen molar-refractivity contribution in [3.8, 4) is 17.5 Å². The maximum absolute atomic E-state index is 8.53. The molecule has 0 atom stereocenters. The maximum Gasteiger partial charge on any atom is 0.188 e. The van der Waals surface area contributed by atoms with Gasteiger partial charge in [-0.3, -0.25) is 9.55 Å². The first-order chi connectivity index (χ1) is 5.40. The Labute approximate surface area is 63.9 Å². The van der Waals surface area contributed by atoms with Crippen molar-refractivity contribution < 1.29 is 0 Å². The van der Waals surface area contributed by atoms with E-state index in [0.29, 0.717) is 0 Å². The summed E-state index contributed by atoms with van der Waals surface area (Å²) in [5.74, 6) is 0. The van der Waals surface area contributed by atoms with Crippen molar-refractivity contribution in [3.63, 3.8) is 0 Å². The summed E-state index contributed by atoms with van der Waals surface area (Å²) in [6.07, 6.45) is 7.17. The van der Waals surface area contributed by atoms with Gasteiger partial charge in [-0.05, 0) is 12.1 Å². The van der Waals surface area contributed by atoms with Crippen molar-refractivity contribution in [1.82, 2.24) is 9.55 Å². The third kappa shape index (κ3) is 0.849. The van der Waals surface area contributed by atoms with Crippen LogP contribution in [-0.4, -0.2) is 9.55 Å². The van der Waals surface area contributed by atoms with Gasteiger partial charge < -0.3 is 0 Å². The second-order valence-electron chi connectivity index (χ2n) is 2.24. The average molecular weight is 143 g/mol. The molecule has 3 heteroatoms. The van der Waals surface area contributed by atoms with Gasteiger partial charge >= 0.3 is 0 Å². The van der Waals surface area contributed by atoms with Crippen molar-refractivity contribution in [3.05, 3.63) is 30.7 Å². The molecule has 0 fully saturated rings.